The van der Waals surface area contributed by atoms with E-state index in [0.717, 1.165) is 0 Å². The summed E-state index contributed by atoms with van der Waals surface area (Å²) in [7, 11) is 0. The van der Waals surface area contributed by atoms with E-state index in [4.69, 9.17) is 0 Å². The molecule has 23 heavy (non-hydrogen) atoms. The van der Waals surface area contributed by atoms with Crippen molar-refractivity contribution in [3.63, 3.8) is 0 Å². The molecule has 0 aliphatic rings. The number of benzene rings is 3. The Morgan fingerprint density at radius 1 is 0.826 bits per heavy atom. The second-order valence-corrected chi connectivity index (χ2v) is 14.4. The van der Waals surface area contributed by atoms with Gasteiger partial charge in [-0.1, -0.05) is 0 Å². The quantitative estimate of drug-likeness (QED) is 0.431. The SMILES string of the molecule is [CH2]=[Al][N]([Al][c]1c2ccccc2[c]([Al])c2ccccc12)[Al][N]([Al])[Al]. The molecular weight excluding hydrogens is 370 g/mol. The average Bonchev–Trinajstić information content (AvgIpc) is 2.57. The van der Waals surface area contributed by atoms with Crippen LogP contribution in [-0.4, -0.2) is 105 Å². The molecule has 0 unspecified atom stereocenters. The van der Waals surface area contributed by atoms with Gasteiger partial charge >= 0.3 is 183 Å². The van der Waals surface area contributed by atoms with Crippen molar-refractivity contribution >= 4 is 131 Å². The van der Waals surface area contributed by atoms with E-state index in [1.165, 1.54) is 30.4 Å². The van der Waals surface area contributed by atoms with Crippen molar-refractivity contribution in [2.24, 2.45) is 0 Å². The second kappa shape index (κ2) is 8.59. The van der Waals surface area contributed by atoms with Gasteiger partial charge in [0.05, 0.1) is 0 Å². The van der Waals surface area contributed by atoms with Crippen LogP contribution in [0.5, 0.6) is 0 Å². The third-order valence-electron chi connectivity index (χ3n) is 3.77. The Bertz CT molecular complexity index is 810. The number of fused-ring (bicyclic) bond motifs is 2. The Labute approximate surface area is 181 Å². The number of rotatable bonds is 5. The van der Waals surface area contributed by atoms with Crippen molar-refractivity contribution in [3.8, 4) is 0 Å². The van der Waals surface area contributed by atoms with Gasteiger partial charge in [-0.15, -0.1) is 0 Å². The summed E-state index contributed by atoms with van der Waals surface area (Å²) in [6.45, 7) is 0. The molecule has 0 heterocycles. The molecule has 3 aromatic rings. The molecule has 3 rings (SSSR count). The predicted octanol–water partition coefficient (Wildman–Crippen LogP) is -0.612. The standard InChI is InChI=1S/C14H8.CH2.6Al.2N/c1-2-6-12-10-14-8-4-3-7-13(14)9-11(12)5-1;;;;;;;;;/h1-8H;1H2;;;;;;;;. The summed E-state index contributed by atoms with van der Waals surface area (Å²) < 4.78 is 7.54. The zero-order valence-corrected chi connectivity index (χ0v) is 19.6. The summed E-state index contributed by atoms with van der Waals surface area (Å²) >= 11 is 8.70. The first-order valence-corrected chi connectivity index (χ1v) is 12.3. The van der Waals surface area contributed by atoms with E-state index in [-0.39, 0.29) is 46.1 Å². The fraction of sp³-hybridized carbons (Fsp3) is 0. The van der Waals surface area contributed by atoms with E-state index in [1.54, 1.807) is 0 Å². The first kappa shape index (κ1) is 18.8. The minimum absolute atomic E-state index is 0.0635. The van der Waals surface area contributed by atoms with Crippen LogP contribution in [0.2, 0.25) is 0 Å². The topological polar surface area (TPSA) is 6.48 Å². The second-order valence-electron chi connectivity index (χ2n) is 5.24. The van der Waals surface area contributed by atoms with Crippen LogP contribution in [-0.2, 0) is 0 Å². The molecule has 0 aliphatic carbocycles. The summed E-state index contributed by atoms with van der Waals surface area (Å²) in [4.78, 5) is 0. The Hall–Kier alpha value is 1.00. The molecule has 0 saturated carbocycles. The molecule has 98 valence electrons. The van der Waals surface area contributed by atoms with Crippen LogP contribution in [0.1, 0.15) is 0 Å². The van der Waals surface area contributed by atoms with Crippen molar-refractivity contribution < 1.29 is 0 Å². The fourth-order valence-corrected chi connectivity index (χ4v) is 10.3. The third kappa shape index (κ3) is 4.23. The molecule has 0 saturated heterocycles. The molecule has 0 spiro atoms. The predicted molar refractivity (Wildman–Crippen MR) is 106 cm³/mol. The first-order chi connectivity index (χ1) is 11.1. The number of hydrogen-bond acceptors (Lipinski definition) is 2. The fourth-order valence-electron chi connectivity index (χ4n) is 2.77. The molecule has 0 N–H and O–H groups in total. The van der Waals surface area contributed by atoms with Gasteiger partial charge in [0.15, 0.2) is 0 Å². The van der Waals surface area contributed by atoms with E-state index in [1.807, 2.05) is 0 Å². The molecule has 0 fully saturated rings. The zero-order chi connectivity index (χ0) is 16.4. The Balaban J connectivity index is 2.24. The van der Waals surface area contributed by atoms with Gasteiger partial charge in [0.25, 0.3) is 0 Å². The van der Waals surface area contributed by atoms with Gasteiger partial charge < -0.3 is 0 Å². The monoisotopic (exact) mass is 380 g/mol. The van der Waals surface area contributed by atoms with Crippen LogP contribution in [0.15, 0.2) is 48.5 Å². The normalized spacial score (nSPS) is 10.7. The van der Waals surface area contributed by atoms with Crippen molar-refractivity contribution in [2.45, 2.75) is 0 Å². The van der Waals surface area contributed by atoms with Gasteiger partial charge in [0.2, 0.25) is 0 Å². The zero-order valence-electron chi connectivity index (χ0n) is 12.7. The van der Waals surface area contributed by atoms with Gasteiger partial charge in [-0.2, -0.15) is 0 Å². The van der Waals surface area contributed by atoms with Crippen molar-refractivity contribution in [3.05, 3.63) is 48.5 Å². The molecule has 0 atom stereocenters. The van der Waals surface area contributed by atoms with Crippen molar-refractivity contribution in [1.29, 1.82) is 0 Å². The summed E-state index contributed by atoms with van der Waals surface area (Å²) in [5, 5.41) is 9.69. The third-order valence-corrected chi connectivity index (χ3v) is 10.3. The molecule has 0 bridgehead atoms. The summed E-state index contributed by atoms with van der Waals surface area (Å²) in [5.41, 5.74) is 0. The van der Waals surface area contributed by atoms with Gasteiger partial charge in [0, 0.05) is 0 Å². The molecule has 0 amide bonds. The number of hydrogen-bond donors (Lipinski definition) is 0. The van der Waals surface area contributed by atoms with Gasteiger partial charge in [-0.05, 0) is 0 Å². The van der Waals surface area contributed by atoms with Crippen molar-refractivity contribution in [1.82, 2.24) is 3.70 Å². The maximum absolute atomic E-state index is 4.21. The van der Waals surface area contributed by atoms with E-state index in [0.29, 0.717) is 0 Å². The first-order valence-electron chi connectivity index (χ1n) is 7.19. The summed E-state index contributed by atoms with van der Waals surface area (Å²) in [6.07, 6.45) is 0. The van der Waals surface area contributed by atoms with E-state index < -0.39 is 0 Å². The van der Waals surface area contributed by atoms with Crippen LogP contribution >= 0.6 is 0 Å². The Kier molecular flexibility index (Phi) is 7.02. The Morgan fingerprint density at radius 2 is 1.30 bits per heavy atom. The Morgan fingerprint density at radius 3 is 1.74 bits per heavy atom. The van der Waals surface area contributed by atoms with E-state index in [2.05, 4.69) is 107 Å². The van der Waals surface area contributed by atoms with Gasteiger partial charge in [-0.3, -0.25) is 0 Å². The van der Waals surface area contributed by atoms with Crippen LogP contribution in [0.3, 0.4) is 0 Å². The average molecular weight is 380 g/mol. The summed E-state index contributed by atoms with van der Waals surface area (Å²) in [6, 6.07) is 17.6. The number of nitrogens with zero attached hydrogens (tertiary/aromatic N) is 2. The van der Waals surface area contributed by atoms with Gasteiger partial charge in [0.1, 0.15) is 0 Å². The molecule has 8 radical (unpaired) electrons. The van der Waals surface area contributed by atoms with E-state index >= 15 is 0 Å². The maximum atomic E-state index is 4.21. The minimum atomic E-state index is 0.0635. The molecular formula is C15H10Al6N2. The molecule has 0 aliphatic heterocycles. The van der Waals surface area contributed by atoms with Crippen LogP contribution in [0.25, 0.3) is 21.5 Å². The van der Waals surface area contributed by atoms with Crippen LogP contribution in [0, 0.1) is 0 Å². The molecule has 8 heteroatoms. The van der Waals surface area contributed by atoms with Crippen LogP contribution in [0.4, 0.5) is 0 Å². The molecule has 0 aromatic heterocycles. The van der Waals surface area contributed by atoms with E-state index in [9.17, 15) is 0 Å². The molecule has 3 aromatic carbocycles. The van der Waals surface area contributed by atoms with Gasteiger partial charge in [-0.25, -0.2) is 0 Å². The molecule has 2 nitrogen and oxygen atoms in total. The summed E-state index contributed by atoms with van der Waals surface area (Å²) in [5.74, 6) is 0. The van der Waals surface area contributed by atoms with Crippen LogP contribution < -0.4 is 8.85 Å². The van der Waals surface area contributed by atoms with Crippen molar-refractivity contribution in [2.75, 3.05) is 0 Å².